The van der Waals surface area contributed by atoms with Crippen molar-refractivity contribution in [1.82, 2.24) is 15.1 Å². The fourth-order valence-electron chi connectivity index (χ4n) is 3.04. The summed E-state index contributed by atoms with van der Waals surface area (Å²) in [6.45, 7) is 2.43. The Kier molecular flexibility index (Phi) is 5.81. The zero-order valence-corrected chi connectivity index (χ0v) is 16.0. The van der Waals surface area contributed by atoms with E-state index in [0.29, 0.717) is 28.8 Å². The highest BCUT2D eigenvalue weighted by molar-refractivity contribution is 5.93. The Labute approximate surface area is 165 Å². The summed E-state index contributed by atoms with van der Waals surface area (Å²) in [5.41, 5.74) is -0.427. The Balaban J connectivity index is 1.95. The number of alkyl halides is 3. The van der Waals surface area contributed by atoms with Gasteiger partial charge in [-0.05, 0) is 55.4 Å². The summed E-state index contributed by atoms with van der Waals surface area (Å²) in [4.78, 5) is 0. The molecule has 156 valence electrons. The summed E-state index contributed by atoms with van der Waals surface area (Å²) in [6.07, 6.45) is -3.28. The second-order valence-corrected chi connectivity index (χ2v) is 6.94. The molecule has 1 atom stereocenters. The van der Waals surface area contributed by atoms with Crippen molar-refractivity contribution in [2.45, 2.75) is 25.6 Å². The maximum Gasteiger partial charge on any atom is 0.420 e. The number of halogens is 4. The van der Waals surface area contributed by atoms with E-state index in [9.17, 15) is 22.7 Å². The molecule has 3 rings (SSSR count). The summed E-state index contributed by atoms with van der Waals surface area (Å²) in [5, 5.41) is 20.4. The first-order valence-corrected chi connectivity index (χ1v) is 9.12. The van der Waals surface area contributed by atoms with E-state index in [1.807, 2.05) is 6.07 Å². The number of rotatable bonds is 7. The number of nitrogens with one attached hydrogen (secondary N) is 2. The summed E-state index contributed by atoms with van der Waals surface area (Å²) in [6, 6.07) is 9.28. The standard InChI is InChI=1S/C20H22F4N4O/c1-3-25-11-19(29,20(22,23)24)12-26-17-8-13(2)9-18-16(17)10-27-28(18)15-6-4-14(21)5-7-15/h4-10,25-26,29H,3,11-12H2,1-2H3. The van der Waals surface area contributed by atoms with Crippen LogP contribution in [0.4, 0.5) is 23.2 Å². The van der Waals surface area contributed by atoms with E-state index in [0.717, 1.165) is 5.56 Å². The van der Waals surface area contributed by atoms with Crippen LogP contribution in [0.5, 0.6) is 0 Å². The van der Waals surface area contributed by atoms with Crippen molar-refractivity contribution in [2.75, 3.05) is 25.0 Å². The molecule has 0 saturated carbocycles. The molecule has 3 N–H and O–H groups in total. The molecule has 0 aliphatic rings. The minimum absolute atomic E-state index is 0.303. The number of nitrogens with zero attached hydrogens (tertiary/aromatic N) is 2. The predicted octanol–water partition coefficient (Wildman–Crippen LogP) is 3.79. The van der Waals surface area contributed by atoms with Crippen molar-refractivity contribution in [3.05, 3.63) is 54.0 Å². The fraction of sp³-hybridized carbons (Fsp3) is 0.350. The normalized spacial score (nSPS) is 14.2. The van der Waals surface area contributed by atoms with Crippen molar-refractivity contribution in [2.24, 2.45) is 0 Å². The van der Waals surface area contributed by atoms with Crippen molar-refractivity contribution < 1.29 is 22.7 Å². The van der Waals surface area contributed by atoms with Gasteiger partial charge in [0.1, 0.15) is 5.82 Å². The second-order valence-electron chi connectivity index (χ2n) is 6.94. The van der Waals surface area contributed by atoms with Gasteiger partial charge in [-0.2, -0.15) is 18.3 Å². The van der Waals surface area contributed by atoms with Gasteiger partial charge in [0.05, 0.1) is 23.9 Å². The van der Waals surface area contributed by atoms with Gasteiger partial charge in [-0.15, -0.1) is 0 Å². The molecule has 0 radical (unpaired) electrons. The van der Waals surface area contributed by atoms with E-state index in [1.165, 1.54) is 18.3 Å². The van der Waals surface area contributed by atoms with Crippen LogP contribution in [0.2, 0.25) is 0 Å². The van der Waals surface area contributed by atoms with Crippen LogP contribution >= 0.6 is 0 Å². The molecule has 1 aromatic heterocycles. The third kappa shape index (κ3) is 4.35. The second kappa shape index (κ2) is 8.00. The smallest absolute Gasteiger partial charge is 0.381 e. The Morgan fingerprint density at radius 1 is 1.10 bits per heavy atom. The molecule has 3 aromatic rings. The summed E-state index contributed by atoms with van der Waals surface area (Å²) in [5.74, 6) is -0.379. The molecule has 29 heavy (non-hydrogen) atoms. The maximum atomic E-state index is 13.4. The lowest BCUT2D eigenvalue weighted by Crippen LogP contribution is -2.57. The Morgan fingerprint density at radius 2 is 1.79 bits per heavy atom. The molecule has 0 spiro atoms. The average molecular weight is 410 g/mol. The lowest BCUT2D eigenvalue weighted by Gasteiger charge is -2.31. The summed E-state index contributed by atoms with van der Waals surface area (Å²) >= 11 is 0. The molecule has 0 aliphatic carbocycles. The Hall–Kier alpha value is -2.65. The van der Waals surface area contributed by atoms with Crippen LogP contribution in [0.25, 0.3) is 16.6 Å². The number of hydrogen-bond donors (Lipinski definition) is 3. The minimum atomic E-state index is -4.80. The topological polar surface area (TPSA) is 62.1 Å². The van der Waals surface area contributed by atoms with Gasteiger partial charge >= 0.3 is 6.18 Å². The van der Waals surface area contributed by atoms with Crippen LogP contribution in [0.1, 0.15) is 12.5 Å². The molecule has 5 nitrogen and oxygen atoms in total. The predicted molar refractivity (Wildman–Crippen MR) is 104 cm³/mol. The number of aryl methyl sites for hydroxylation is 1. The highest BCUT2D eigenvalue weighted by atomic mass is 19.4. The number of aromatic nitrogens is 2. The van der Waals surface area contributed by atoms with Gasteiger partial charge in [0, 0.05) is 17.6 Å². The van der Waals surface area contributed by atoms with Crippen LogP contribution in [0.15, 0.2) is 42.6 Å². The third-order valence-electron chi connectivity index (χ3n) is 4.67. The quantitative estimate of drug-likeness (QED) is 0.519. The lowest BCUT2D eigenvalue weighted by molar-refractivity contribution is -0.252. The summed E-state index contributed by atoms with van der Waals surface area (Å²) in [7, 11) is 0. The first-order chi connectivity index (χ1) is 13.6. The van der Waals surface area contributed by atoms with Crippen LogP contribution in [-0.2, 0) is 0 Å². The number of likely N-dealkylation sites (N-methyl/N-ethyl adjacent to an activating group) is 1. The number of hydrogen-bond acceptors (Lipinski definition) is 4. The zero-order chi connectivity index (χ0) is 21.2. The molecule has 0 bridgehead atoms. The van der Waals surface area contributed by atoms with Crippen LogP contribution in [0.3, 0.4) is 0 Å². The van der Waals surface area contributed by atoms with Gasteiger partial charge in [-0.1, -0.05) is 6.92 Å². The van der Waals surface area contributed by atoms with Gasteiger partial charge < -0.3 is 15.7 Å². The Morgan fingerprint density at radius 3 is 2.41 bits per heavy atom. The van der Waals surface area contributed by atoms with E-state index in [1.54, 1.807) is 36.7 Å². The zero-order valence-electron chi connectivity index (χ0n) is 16.0. The average Bonchev–Trinajstić information content (AvgIpc) is 3.08. The van der Waals surface area contributed by atoms with E-state index in [-0.39, 0.29) is 5.82 Å². The minimum Gasteiger partial charge on any atom is -0.381 e. The van der Waals surface area contributed by atoms with Gasteiger partial charge in [-0.25, -0.2) is 9.07 Å². The molecule has 1 unspecified atom stereocenters. The first kappa shape index (κ1) is 21.1. The molecule has 9 heteroatoms. The number of benzene rings is 2. The van der Waals surface area contributed by atoms with Gasteiger partial charge in [0.2, 0.25) is 0 Å². The lowest BCUT2D eigenvalue weighted by atomic mass is 10.0. The SMILES string of the molecule is CCNCC(O)(CNc1cc(C)cc2c1cnn2-c1ccc(F)cc1)C(F)(F)F. The van der Waals surface area contributed by atoms with Crippen molar-refractivity contribution in [1.29, 1.82) is 0 Å². The molecule has 0 fully saturated rings. The highest BCUT2D eigenvalue weighted by Crippen LogP contribution is 2.32. The monoisotopic (exact) mass is 410 g/mol. The van der Waals surface area contributed by atoms with Crippen LogP contribution < -0.4 is 10.6 Å². The van der Waals surface area contributed by atoms with E-state index >= 15 is 0 Å². The number of fused-ring (bicyclic) bond motifs is 1. The fourth-order valence-corrected chi connectivity index (χ4v) is 3.04. The number of aliphatic hydroxyl groups is 1. The molecular formula is C20H22F4N4O. The molecule has 2 aromatic carbocycles. The maximum absolute atomic E-state index is 13.4. The van der Waals surface area contributed by atoms with Crippen molar-refractivity contribution >= 4 is 16.6 Å². The molecule has 0 saturated heterocycles. The summed E-state index contributed by atoms with van der Waals surface area (Å²) < 4.78 is 55.0. The molecule has 0 amide bonds. The van der Waals surface area contributed by atoms with E-state index < -0.39 is 24.9 Å². The molecule has 0 aliphatic heterocycles. The third-order valence-corrected chi connectivity index (χ3v) is 4.67. The molecule has 1 heterocycles. The van der Waals surface area contributed by atoms with Crippen LogP contribution in [0, 0.1) is 12.7 Å². The van der Waals surface area contributed by atoms with Crippen LogP contribution in [-0.4, -0.2) is 46.3 Å². The molecular weight excluding hydrogens is 388 g/mol. The van der Waals surface area contributed by atoms with Crippen molar-refractivity contribution in [3.63, 3.8) is 0 Å². The largest absolute Gasteiger partial charge is 0.420 e. The van der Waals surface area contributed by atoms with Gasteiger partial charge in [0.15, 0.2) is 5.60 Å². The van der Waals surface area contributed by atoms with E-state index in [4.69, 9.17) is 0 Å². The van der Waals surface area contributed by atoms with Gasteiger partial charge in [0.25, 0.3) is 0 Å². The Bertz CT molecular complexity index is 985. The van der Waals surface area contributed by atoms with Gasteiger partial charge in [-0.3, -0.25) is 0 Å². The van der Waals surface area contributed by atoms with Crippen molar-refractivity contribution in [3.8, 4) is 5.69 Å². The number of anilines is 1. The first-order valence-electron chi connectivity index (χ1n) is 9.12. The highest BCUT2D eigenvalue weighted by Gasteiger charge is 2.53. The van der Waals surface area contributed by atoms with E-state index in [2.05, 4.69) is 15.7 Å².